The van der Waals surface area contributed by atoms with Crippen LogP contribution in [-0.2, 0) is 6.18 Å². The first-order chi connectivity index (χ1) is 6.50. The molecule has 0 saturated heterocycles. The van der Waals surface area contributed by atoms with E-state index >= 15 is 0 Å². The summed E-state index contributed by atoms with van der Waals surface area (Å²) in [6, 6.07) is -0.0414. The average molecular weight is 204 g/mol. The minimum atomic E-state index is -4.28. The van der Waals surface area contributed by atoms with Crippen molar-refractivity contribution >= 4 is 0 Å². The number of aryl methyl sites for hydroxylation is 1. The smallest absolute Gasteiger partial charge is 0.257 e. The van der Waals surface area contributed by atoms with Crippen LogP contribution in [0, 0.1) is 6.92 Å². The van der Waals surface area contributed by atoms with Gasteiger partial charge in [-0.2, -0.15) is 18.3 Å². The van der Waals surface area contributed by atoms with Crippen LogP contribution in [0.15, 0.2) is 6.20 Å². The fraction of sp³-hybridized carbons (Fsp3) is 0.667. The van der Waals surface area contributed by atoms with Gasteiger partial charge in [0.05, 0.1) is 12.2 Å². The van der Waals surface area contributed by atoms with E-state index in [1.807, 2.05) is 0 Å². The van der Waals surface area contributed by atoms with Crippen LogP contribution in [0.5, 0.6) is 0 Å². The van der Waals surface area contributed by atoms with E-state index in [1.54, 1.807) is 0 Å². The molecule has 0 aliphatic heterocycles. The van der Waals surface area contributed by atoms with Crippen LogP contribution >= 0.6 is 0 Å². The summed E-state index contributed by atoms with van der Waals surface area (Å²) in [5.74, 6) is 0. The molecule has 78 valence electrons. The van der Waals surface area contributed by atoms with Crippen LogP contribution in [-0.4, -0.2) is 9.78 Å². The van der Waals surface area contributed by atoms with Crippen LogP contribution < -0.4 is 0 Å². The number of hydrogen-bond donors (Lipinski definition) is 0. The van der Waals surface area contributed by atoms with Crippen LogP contribution in [0.4, 0.5) is 13.2 Å². The number of aromatic nitrogens is 2. The molecular formula is C9H11F3N2. The van der Waals surface area contributed by atoms with Crippen LogP contribution in [0.25, 0.3) is 0 Å². The molecule has 1 heterocycles. The van der Waals surface area contributed by atoms with Gasteiger partial charge in [-0.1, -0.05) is 0 Å². The monoisotopic (exact) mass is 204 g/mol. The van der Waals surface area contributed by atoms with Gasteiger partial charge in [-0.05, 0) is 31.7 Å². The molecule has 0 aromatic carbocycles. The Kier molecular flexibility index (Phi) is 2.05. The zero-order chi connectivity index (χ0) is 10.3. The highest BCUT2D eigenvalue weighted by molar-refractivity contribution is 5.19. The first-order valence-electron chi connectivity index (χ1n) is 4.61. The van der Waals surface area contributed by atoms with Crippen molar-refractivity contribution in [3.05, 3.63) is 17.5 Å². The molecule has 1 fully saturated rings. The quantitative estimate of drug-likeness (QED) is 0.687. The van der Waals surface area contributed by atoms with Gasteiger partial charge in [-0.25, -0.2) is 0 Å². The minimum Gasteiger partial charge on any atom is -0.257 e. The highest BCUT2D eigenvalue weighted by Crippen LogP contribution is 2.38. The second-order valence-electron chi connectivity index (χ2n) is 3.70. The maximum Gasteiger partial charge on any atom is 0.433 e. The molecule has 1 saturated carbocycles. The zero-order valence-electron chi connectivity index (χ0n) is 7.80. The first kappa shape index (κ1) is 9.55. The van der Waals surface area contributed by atoms with Crippen molar-refractivity contribution < 1.29 is 13.2 Å². The summed E-state index contributed by atoms with van der Waals surface area (Å²) in [5.41, 5.74) is -0.369. The lowest BCUT2D eigenvalue weighted by Gasteiger charge is -2.28. The maximum absolute atomic E-state index is 12.6. The van der Waals surface area contributed by atoms with Gasteiger partial charge in [0.15, 0.2) is 0 Å². The first-order valence-corrected chi connectivity index (χ1v) is 4.61. The summed E-state index contributed by atoms with van der Waals surface area (Å²) in [4.78, 5) is 0. The third kappa shape index (κ3) is 1.40. The Balaban J connectivity index is 2.40. The van der Waals surface area contributed by atoms with Gasteiger partial charge in [0, 0.05) is 0 Å². The molecule has 1 aromatic rings. The lowest BCUT2D eigenvalue weighted by atomic mass is 9.93. The Bertz CT molecular complexity index is 336. The second kappa shape index (κ2) is 3.00. The highest BCUT2D eigenvalue weighted by Gasteiger charge is 2.39. The van der Waals surface area contributed by atoms with Crippen molar-refractivity contribution in [2.24, 2.45) is 0 Å². The molecule has 0 atom stereocenters. The van der Waals surface area contributed by atoms with Crippen LogP contribution in [0.2, 0.25) is 0 Å². The third-order valence-corrected chi connectivity index (χ3v) is 2.67. The molecule has 1 aliphatic rings. The van der Waals surface area contributed by atoms with E-state index in [0.29, 0.717) is 0 Å². The van der Waals surface area contributed by atoms with Gasteiger partial charge in [-0.3, -0.25) is 4.68 Å². The molecule has 2 nitrogen and oxygen atoms in total. The van der Waals surface area contributed by atoms with Crippen LogP contribution in [0.1, 0.15) is 36.6 Å². The molecule has 0 N–H and O–H groups in total. The Morgan fingerprint density at radius 2 is 2.07 bits per heavy atom. The molecule has 2 rings (SSSR count). The van der Waals surface area contributed by atoms with Gasteiger partial charge < -0.3 is 0 Å². The molecule has 0 amide bonds. The molecular weight excluding hydrogens is 193 g/mol. The Morgan fingerprint density at radius 3 is 2.50 bits per heavy atom. The van der Waals surface area contributed by atoms with Crippen molar-refractivity contribution in [2.45, 2.75) is 38.4 Å². The second-order valence-corrected chi connectivity index (χ2v) is 3.70. The summed E-state index contributed by atoms with van der Waals surface area (Å²) in [6.45, 7) is 1.45. The Labute approximate surface area is 79.7 Å². The lowest BCUT2D eigenvalue weighted by Crippen LogP contribution is -2.24. The van der Waals surface area contributed by atoms with Gasteiger partial charge in [0.1, 0.15) is 5.69 Å². The Morgan fingerprint density at radius 1 is 1.43 bits per heavy atom. The third-order valence-electron chi connectivity index (χ3n) is 2.67. The Hall–Kier alpha value is -1.00. The molecule has 1 aromatic heterocycles. The number of rotatable bonds is 1. The minimum absolute atomic E-state index is 0.0414. The zero-order valence-corrected chi connectivity index (χ0v) is 7.80. The fourth-order valence-corrected chi connectivity index (χ4v) is 1.71. The molecule has 0 spiro atoms. The standard InChI is InChI=1S/C9H11F3N2/c1-6-5-13-14(7-3-2-4-7)8(6)9(10,11)12/h5,7H,2-4H2,1H3. The molecule has 0 bridgehead atoms. The molecule has 5 heteroatoms. The molecule has 1 aliphatic carbocycles. The van der Waals surface area contributed by atoms with E-state index in [4.69, 9.17) is 0 Å². The van der Waals surface area contributed by atoms with Crippen molar-refractivity contribution in [3.63, 3.8) is 0 Å². The lowest BCUT2D eigenvalue weighted by molar-refractivity contribution is -0.146. The predicted molar refractivity (Wildman–Crippen MR) is 44.9 cm³/mol. The summed E-state index contributed by atoms with van der Waals surface area (Å²) in [5, 5.41) is 3.80. The fourth-order valence-electron chi connectivity index (χ4n) is 1.71. The number of alkyl halides is 3. The summed E-state index contributed by atoms with van der Waals surface area (Å²) >= 11 is 0. The normalized spacial score (nSPS) is 18.3. The molecule has 14 heavy (non-hydrogen) atoms. The van der Waals surface area contributed by atoms with Crippen molar-refractivity contribution in [3.8, 4) is 0 Å². The summed E-state index contributed by atoms with van der Waals surface area (Å²) < 4.78 is 38.9. The number of nitrogens with zero attached hydrogens (tertiary/aromatic N) is 2. The summed E-state index contributed by atoms with van der Waals surface area (Å²) in [6.07, 6.45) is -0.368. The van der Waals surface area contributed by atoms with Gasteiger partial charge >= 0.3 is 6.18 Å². The highest BCUT2D eigenvalue weighted by atomic mass is 19.4. The van der Waals surface area contributed by atoms with Crippen molar-refractivity contribution in [1.29, 1.82) is 0 Å². The van der Waals surface area contributed by atoms with Crippen LogP contribution in [0.3, 0.4) is 0 Å². The van der Waals surface area contributed by atoms with E-state index in [2.05, 4.69) is 5.10 Å². The van der Waals surface area contributed by atoms with E-state index in [0.717, 1.165) is 23.9 Å². The van der Waals surface area contributed by atoms with Gasteiger partial charge in [0.25, 0.3) is 0 Å². The average Bonchev–Trinajstić information content (AvgIpc) is 2.26. The van der Waals surface area contributed by atoms with Crippen molar-refractivity contribution in [1.82, 2.24) is 9.78 Å². The number of halogens is 3. The van der Waals surface area contributed by atoms with E-state index in [1.165, 1.54) is 13.1 Å². The van der Waals surface area contributed by atoms with E-state index < -0.39 is 11.9 Å². The number of hydrogen-bond acceptors (Lipinski definition) is 1. The maximum atomic E-state index is 12.6. The van der Waals surface area contributed by atoms with E-state index in [-0.39, 0.29) is 11.6 Å². The summed E-state index contributed by atoms with van der Waals surface area (Å²) in [7, 11) is 0. The van der Waals surface area contributed by atoms with E-state index in [9.17, 15) is 13.2 Å². The molecule has 0 radical (unpaired) electrons. The van der Waals surface area contributed by atoms with Crippen molar-refractivity contribution in [2.75, 3.05) is 0 Å². The topological polar surface area (TPSA) is 17.8 Å². The molecule has 0 unspecified atom stereocenters. The SMILES string of the molecule is Cc1cnn(C2CCC2)c1C(F)(F)F. The largest absolute Gasteiger partial charge is 0.433 e. The van der Waals surface area contributed by atoms with Gasteiger partial charge in [0.2, 0.25) is 0 Å². The van der Waals surface area contributed by atoms with Gasteiger partial charge in [-0.15, -0.1) is 0 Å². The predicted octanol–water partition coefficient (Wildman–Crippen LogP) is 2.94.